The summed E-state index contributed by atoms with van der Waals surface area (Å²) in [5.74, 6) is 0. The van der Waals surface area contributed by atoms with E-state index in [9.17, 15) is 0 Å². The lowest BCUT2D eigenvalue weighted by Gasteiger charge is -1.90. The SMILES string of the molecule is [B]CCCN[B]. The van der Waals surface area contributed by atoms with Crippen LogP contribution in [0.15, 0.2) is 0 Å². The predicted molar refractivity (Wildman–Crippen MR) is 28.9 cm³/mol. The van der Waals surface area contributed by atoms with Gasteiger partial charge in [-0.25, -0.2) is 0 Å². The van der Waals surface area contributed by atoms with Crippen molar-refractivity contribution >= 4 is 15.8 Å². The third-order valence-corrected chi connectivity index (χ3v) is 0.525. The zero-order valence-electron chi connectivity index (χ0n) is 3.78. The second-order valence-corrected chi connectivity index (χ2v) is 1.10. The number of rotatable bonds is 3. The molecular formula is C3H7B2N. The maximum atomic E-state index is 5.12. The molecule has 6 heavy (non-hydrogen) atoms. The van der Waals surface area contributed by atoms with Gasteiger partial charge >= 0.3 is 0 Å². The van der Waals surface area contributed by atoms with Gasteiger partial charge in [0.2, 0.25) is 0 Å². The first-order chi connectivity index (χ1) is 2.91. The first-order valence-electron chi connectivity index (χ1n) is 2.05. The second kappa shape index (κ2) is 5.09. The minimum absolute atomic E-state index is 0.712. The van der Waals surface area contributed by atoms with Gasteiger partial charge in [0.15, 0.2) is 7.98 Å². The Morgan fingerprint density at radius 1 is 1.50 bits per heavy atom. The Morgan fingerprint density at radius 3 is 2.33 bits per heavy atom. The molecule has 0 fully saturated rings. The molecule has 0 rings (SSSR count). The van der Waals surface area contributed by atoms with Crippen LogP contribution in [0.2, 0.25) is 6.32 Å². The van der Waals surface area contributed by atoms with Crippen LogP contribution in [0.25, 0.3) is 0 Å². The lowest BCUT2D eigenvalue weighted by atomic mass is 10.0. The van der Waals surface area contributed by atoms with Crippen LogP contribution in [-0.4, -0.2) is 22.4 Å². The molecule has 1 N–H and O–H groups in total. The van der Waals surface area contributed by atoms with Crippen molar-refractivity contribution in [3.05, 3.63) is 0 Å². The Labute approximate surface area is 41.3 Å². The van der Waals surface area contributed by atoms with Gasteiger partial charge in [0.1, 0.15) is 0 Å². The van der Waals surface area contributed by atoms with E-state index in [1.807, 2.05) is 0 Å². The molecule has 4 radical (unpaired) electrons. The molecule has 0 aliphatic heterocycles. The van der Waals surface area contributed by atoms with Crippen molar-refractivity contribution in [3.63, 3.8) is 0 Å². The maximum absolute atomic E-state index is 5.12. The lowest BCUT2D eigenvalue weighted by Crippen LogP contribution is -2.08. The number of hydrogen-bond donors (Lipinski definition) is 1. The van der Waals surface area contributed by atoms with Crippen LogP contribution in [0.1, 0.15) is 6.42 Å². The highest BCUT2D eigenvalue weighted by Gasteiger charge is 1.73. The summed E-state index contributed by atoms with van der Waals surface area (Å²) in [5, 5.41) is 2.49. The Morgan fingerprint density at radius 2 is 2.17 bits per heavy atom. The van der Waals surface area contributed by atoms with E-state index in [-0.39, 0.29) is 0 Å². The van der Waals surface area contributed by atoms with E-state index in [4.69, 9.17) is 15.8 Å². The van der Waals surface area contributed by atoms with Crippen molar-refractivity contribution in [1.82, 2.24) is 5.23 Å². The fraction of sp³-hybridized carbons (Fsp3) is 1.00. The van der Waals surface area contributed by atoms with E-state index < -0.39 is 0 Å². The first kappa shape index (κ1) is 6.09. The largest absolute Gasteiger partial charge is 0.366 e. The van der Waals surface area contributed by atoms with Crippen molar-refractivity contribution in [1.29, 1.82) is 0 Å². The highest BCUT2D eigenvalue weighted by Crippen LogP contribution is 1.76. The molecule has 3 heteroatoms. The Balaban J connectivity index is 2.34. The minimum atomic E-state index is 0.712. The van der Waals surface area contributed by atoms with E-state index in [0.717, 1.165) is 13.0 Å². The van der Waals surface area contributed by atoms with Crippen molar-refractivity contribution in [2.24, 2.45) is 0 Å². The van der Waals surface area contributed by atoms with Gasteiger partial charge in [-0.1, -0.05) is 6.32 Å². The molecule has 0 atom stereocenters. The summed E-state index contributed by atoms with van der Waals surface area (Å²) in [5.41, 5.74) is 0. The number of nitrogens with one attached hydrogen (secondary N) is 1. The zero-order chi connectivity index (χ0) is 4.83. The third-order valence-electron chi connectivity index (χ3n) is 0.525. The summed E-state index contributed by atoms with van der Waals surface area (Å²) < 4.78 is 0. The molecule has 30 valence electrons. The Kier molecular flexibility index (Phi) is 5.17. The van der Waals surface area contributed by atoms with E-state index in [2.05, 4.69) is 5.23 Å². The van der Waals surface area contributed by atoms with Gasteiger partial charge in [-0.2, -0.15) is 0 Å². The van der Waals surface area contributed by atoms with Crippen LogP contribution in [0.4, 0.5) is 0 Å². The zero-order valence-corrected chi connectivity index (χ0v) is 3.78. The fourth-order valence-corrected chi connectivity index (χ4v) is 0.204. The van der Waals surface area contributed by atoms with E-state index in [1.54, 1.807) is 0 Å². The van der Waals surface area contributed by atoms with Gasteiger partial charge in [0.25, 0.3) is 0 Å². The summed E-state index contributed by atoms with van der Waals surface area (Å²) in [7, 11) is 10.0. The quantitative estimate of drug-likeness (QED) is 0.359. The summed E-state index contributed by atoms with van der Waals surface area (Å²) in [6.07, 6.45) is 1.67. The maximum Gasteiger partial charge on any atom is 0.177 e. The van der Waals surface area contributed by atoms with Crippen LogP contribution in [0.3, 0.4) is 0 Å². The Bertz CT molecular complexity index is 20.8. The molecule has 0 aliphatic rings. The highest BCUT2D eigenvalue weighted by atomic mass is 14.7. The normalized spacial score (nSPS) is 8.67. The van der Waals surface area contributed by atoms with Gasteiger partial charge < -0.3 is 5.23 Å². The molecule has 0 aromatic rings. The van der Waals surface area contributed by atoms with Gasteiger partial charge in [-0.05, 0) is 13.0 Å². The van der Waals surface area contributed by atoms with Crippen LogP contribution in [0.5, 0.6) is 0 Å². The van der Waals surface area contributed by atoms with E-state index >= 15 is 0 Å². The number of hydrogen-bond acceptors (Lipinski definition) is 1. The van der Waals surface area contributed by atoms with Crippen molar-refractivity contribution in [3.8, 4) is 0 Å². The monoisotopic (exact) mass is 79.1 g/mol. The molecule has 0 aliphatic carbocycles. The molecule has 0 heterocycles. The van der Waals surface area contributed by atoms with Gasteiger partial charge in [-0.3, -0.25) is 0 Å². The topological polar surface area (TPSA) is 12.0 Å². The molecule has 0 aromatic carbocycles. The molecule has 0 bridgehead atoms. The minimum Gasteiger partial charge on any atom is -0.366 e. The highest BCUT2D eigenvalue weighted by molar-refractivity contribution is 6.08. The smallest absolute Gasteiger partial charge is 0.177 e. The van der Waals surface area contributed by atoms with Crippen LogP contribution >= 0.6 is 0 Å². The molecule has 0 saturated carbocycles. The molecule has 0 unspecified atom stereocenters. The Hall–Kier alpha value is 0.0899. The first-order valence-corrected chi connectivity index (χ1v) is 2.05. The van der Waals surface area contributed by atoms with Crippen LogP contribution in [0, 0.1) is 0 Å². The molecule has 0 aromatic heterocycles. The molecule has 0 saturated heterocycles. The van der Waals surface area contributed by atoms with Gasteiger partial charge in [0, 0.05) is 0 Å². The summed E-state index contributed by atoms with van der Waals surface area (Å²) in [4.78, 5) is 0. The third kappa shape index (κ3) is 4.09. The average Bonchev–Trinajstić information content (AvgIpc) is 1.61. The van der Waals surface area contributed by atoms with Crippen molar-refractivity contribution < 1.29 is 0 Å². The van der Waals surface area contributed by atoms with Crippen LogP contribution in [-0.2, 0) is 0 Å². The fourth-order valence-electron chi connectivity index (χ4n) is 0.204. The summed E-state index contributed by atoms with van der Waals surface area (Å²) >= 11 is 0. The van der Waals surface area contributed by atoms with Gasteiger partial charge in [0.05, 0.1) is 7.85 Å². The molecule has 0 amide bonds. The summed E-state index contributed by atoms with van der Waals surface area (Å²) in [6, 6.07) is 0. The van der Waals surface area contributed by atoms with E-state index in [1.165, 1.54) is 0 Å². The summed E-state index contributed by atoms with van der Waals surface area (Å²) in [6.45, 7) is 0.816. The van der Waals surface area contributed by atoms with Crippen LogP contribution < -0.4 is 5.23 Å². The van der Waals surface area contributed by atoms with Gasteiger partial charge in [-0.15, -0.1) is 0 Å². The van der Waals surface area contributed by atoms with Crippen molar-refractivity contribution in [2.45, 2.75) is 12.7 Å². The second-order valence-electron chi connectivity index (χ2n) is 1.10. The standard InChI is InChI=1S/C3H7B2N/c4-2-1-3-6-5/h6H,1-3H2. The van der Waals surface area contributed by atoms with Crippen molar-refractivity contribution in [2.75, 3.05) is 6.54 Å². The average molecular weight is 78.7 g/mol. The lowest BCUT2D eigenvalue weighted by molar-refractivity contribution is 0.867. The predicted octanol–water partition coefficient (Wildman–Crippen LogP) is -0.364. The van der Waals surface area contributed by atoms with E-state index in [0.29, 0.717) is 6.32 Å². The molecule has 1 nitrogen and oxygen atoms in total. The molecule has 0 spiro atoms. The molecular weight excluding hydrogens is 71.7 g/mol.